The Bertz CT molecular complexity index is 2070. The lowest BCUT2D eigenvalue weighted by atomic mass is 10.0. The topological polar surface area (TPSA) is 63.5 Å². The SMILES string of the molecule is O=C(O)CCc1ccc2c(c1)c(CCc1ccccc1)cn2-c1ccc(Oc2ccccc2)cc1.c1ccc(CCCCNCc2ccccc2)cc1. The smallest absolute Gasteiger partial charge is 0.303 e. The number of ether oxygens (including phenoxy) is 1. The zero-order valence-electron chi connectivity index (χ0n) is 30.2. The van der Waals surface area contributed by atoms with E-state index in [2.05, 4.69) is 125 Å². The number of aromatic nitrogens is 1. The molecule has 0 amide bonds. The van der Waals surface area contributed by atoms with Crippen molar-refractivity contribution in [1.29, 1.82) is 0 Å². The fourth-order valence-electron chi connectivity index (χ4n) is 6.44. The maximum atomic E-state index is 11.1. The Hall–Kier alpha value is -5.91. The molecule has 0 bridgehead atoms. The van der Waals surface area contributed by atoms with Crippen molar-refractivity contribution in [1.82, 2.24) is 9.88 Å². The molecule has 0 spiro atoms. The lowest BCUT2D eigenvalue weighted by molar-refractivity contribution is -0.136. The second-order valence-electron chi connectivity index (χ2n) is 13.3. The quantitative estimate of drug-likeness (QED) is 0.0985. The number of aryl methyl sites for hydroxylation is 4. The number of rotatable bonds is 16. The molecule has 7 rings (SSSR count). The van der Waals surface area contributed by atoms with Crippen molar-refractivity contribution in [2.75, 3.05) is 6.54 Å². The molecule has 1 heterocycles. The summed E-state index contributed by atoms with van der Waals surface area (Å²) >= 11 is 0. The van der Waals surface area contributed by atoms with Gasteiger partial charge in [0.1, 0.15) is 11.5 Å². The molecule has 2 N–H and O–H groups in total. The summed E-state index contributed by atoms with van der Waals surface area (Å²) < 4.78 is 8.17. The van der Waals surface area contributed by atoms with Crippen LogP contribution in [0.3, 0.4) is 0 Å². The standard InChI is InChI=1S/C31H27NO3.C17H21N/c33-31(34)20-13-24-12-19-30-29(21-24)25(14-11-23-7-3-1-4-8-23)22-32(30)26-15-17-28(18-16-26)35-27-9-5-2-6-10-27;1-3-9-16(10-4-1)11-7-8-14-18-15-17-12-5-2-6-13-17/h1-10,12,15-19,21-22H,11,13-14,20H2,(H,33,34);1-6,9-10,12-13,18H,7-8,11,14-15H2. The van der Waals surface area contributed by atoms with Crippen molar-refractivity contribution in [3.05, 3.63) is 198 Å². The van der Waals surface area contributed by atoms with Crippen LogP contribution in [-0.2, 0) is 37.0 Å². The van der Waals surface area contributed by atoms with Crippen molar-refractivity contribution < 1.29 is 14.6 Å². The van der Waals surface area contributed by atoms with Gasteiger partial charge in [-0.05, 0) is 121 Å². The van der Waals surface area contributed by atoms with Gasteiger partial charge in [-0.2, -0.15) is 0 Å². The first-order valence-corrected chi connectivity index (χ1v) is 18.6. The van der Waals surface area contributed by atoms with Gasteiger partial charge in [-0.15, -0.1) is 0 Å². The van der Waals surface area contributed by atoms with Gasteiger partial charge in [0.05, 0.1) is 5.52 Å². The zero-order valence-corrected chi connectivity index (χ0v) is 30.2. The largest absolute Gasteiger partial charge is 0.481 e. The number of carboxylic acid groups (broad SMARTS) is 1. The van der Waals surface area contributed by atoms with E-state index in [4.69, 9.17) is 9.84 Å². The van der Waals surface area contributed by atoms with Gasteiger partial charge in [-0.25, -0.2) is 0 Å². The molecule has 1 aromatic heterocycles. The monoisotopic (exact) mass is 700 g/mol. The number of unbranched alkanes of at least 4 members (excludes halogenated alkanes) is 1. The minimum atomic E-state index is -0.773. The molecule has 0 aliphatic carbocycles. The highest BCUT2D eigenvalue weighted by Crippen LogP contribution is 2.29. The van der Waals surface area contributed by atoms with Gasteiger partial charge in [0, 0.05) is 30.2 Å². The molecule has 0 saturated carbocycles. The third kappa shape index (κ3) is 11.5. The number of benzene rings is 6. The Kier molecular flexibility index (Phi) is 13.7. The Labute approximate surface area is 313 Å². The fraction of sp³-hybridized carbons (Fsp3) is 0.188. The first-order valence-electron chi connectivity index (χ1n) is 18.6. The molecule has 0 radical (unpaired) electrons. The molecule has 5 nitrogen and oxygen atoms in total. The Morgan fingerprint density at radius 1 is 0.566 bits per heavy atom. The summed E-state index contributed by atoms with van der Waals surface area (Å²) in [6.45, 7) is 2.08. The fourth-order valence-corrected chi connectivity index (χ4v) is 6.44. The molecule has 6 aromatic carbocycles. The summed E-state index contributed by atoms with van der Waals surface area (Å²) in [7, 11) is 0. The van der Waals surface area contributed by atoms with Crippen LogP contribution < -0.4 is 10.1 Å². The molecule has 0 unspecified atom stereocenters. The maximum Gasteiger partial charge on any atom is 0.303 e. The van der Waals surface area contributed by atoms with E-state index in [9.17, 15) is 4.79 Å². The number of para-hydroxylation sites is 1. The van der Waals surface area contributed by atoms with Crippen LogP contribution in [-0.4, -0.2) is 22.2 Å². The summed E-state index contributed by atoms with van der Waals surface area (Å²) in [5, 5.41) is 13.8. The number of nitrogens with zero attached hydrogens (tertiary/aromatic N) is 1. The van der Waals surface area contributed by atoms with Crippen molar-refractivity contribution in [3.63, 3.8) is 0 Å². The first kappa shape index (κ1) is 36.9. The van der Waals surface area contributed by atoms with E-state index >= 15 is 0 Å². The van der Waals surface area contributed by atoms with Crippen molar-refractivity contribution >= 4 is 16.9 Å². The summed E-state index contributed by atoms with van der Waals surface area (Å²) in [6.07, 6.45) is 8.41. The van der Waals surface area contributed by atoms with Gasteiger partial charge >= 0.3 is 5.97 Å². The molecule has 0 aliphatic heterocycles. The number of carbonyl (C=O) groups is 1. The van der Waals surface area contributed by atoms with E-state index in [-0.39, 0.29) is 6.42 Å². The highest BCUT2D eigenvalue weighted by Gasteiger charge is 2.12. The lowest BCUT2D eigenvalue weighted by Gasteiger charge is -2.09. The van der Waals surface area contributed by atoms with E-state index in [1.807, 2.05) is 54.6 Å². The lowest BCUT2D eigenvalue weighted by Crippen LogP contribution is -2.14. The highest BCUT2D eigenvalue weighted by molar-refractivity contribution is 5.86. The Morgan fingerprint density at radius 3 is 1.79 bits per heavy atom. The predicted octanol–water partition coefficient (Wildman–Crippen LogP) is 11.0. The minimum Gasteiger partial charge on any atom is -0.481 e. The summed E-state index contributed by atoms with van der Waals surface area (Å²) in [6, 6.07) is 55.9. The molecule has 0 atom stereocenters. The highest BCUT2D eigenvalue weighted by atomic mass is 16.5. The molecule has 0 saturated heterocycles. The van der Waals surface area contributed by atoms with E-state index in [0.717, 1.165) is 54.2 Å². The second kappa shape index (κ2) is 19.6. The van der Waals surface area contributed by atoms with E-state index in [0.29, 0.717) is 6.42 Å². The average Bonchev–Trinajstić information content (AvgIpc) is 3.57. The molecule has 0 fully saturated rings. The average molecular weight is 701 g/mol. The van der Waals surface area contributed by atoms with Crippen molar-refractivity contribution in [2.45, 2.75) is 51.5 Å². The van der Waals surface area contributed by atoms with Crippen molar-refractivity contribution in [2.24, 2.45) is 0 Å². The zero-order chi connectivity index (χ0) is 36.5. The number of nitrogens with one attached hydrogen (secondary N) is 1. The first-order chi connectivity index (χ1) is 26.1. The van der Waals surface area contributed by atoms with E-state index in [1.165, 1.54) is 46.9 Å². The van der Waals surface area contributed by atoms with Crippen LogP contribution in [0.2, 0.25) is 0 Å². The number of carboxylic acids is 1. The van der Waals surface area contributed by atoms with Crippen LogP contribution in [0, 0.1) is 0 Å². The number of aliphatic carboxylic acids is 1. The molecule has 268 valence electrons. The molecule has 0 aliphatic rings. The molecule has 5 heteroatoms. The van der Waals surface area contributed by atoms with Gasteiger partial charge in [0.15, 0.2) is 0 Å². The van der Waals surface area contributed by atoms with Crippen LogP contribution in [0.1, 0.15) is 47.1 Å². The number of hydrogen-bond donors (Lipinski definition) is 2. The van der Waals surface area contributed by atoms with Gasteiger partial charge in [0.25, 0.3) is 0 Å². The van der Waals surface area contributed by atoms with Gasteiger partial charge in [-0.1, -0.05) is 115 Å². The summed E-state index contributed by atoms with van der Waals surface area (Å²) in [4.78, 5) is 11.1. The van der Waals surface area contributed by atoms with Crippen LogP contribution >= 0.6 is 0 Å². The Balaban J connectivity index is 0.000000225. The van der Waals surface area contributed by atoms with E-state index < -0.39 is 5.97 Å². The Morgan fingerprint density at radius 2 is 1.15 bits per heavy atom. The molecule has 7 aromatic rings. The normalized spacial score (nSPS) is 10.8. The van der Waals surface area contributed by atoms with Crippen molar-refractivity contribution in [3.8, 4) is 17.2 Å². The predicted molar refractivity (Wildman–Crippen MR) is 217 cm³/mol. The van der Waals surface area contributed by atoms with Gasteiger partial charge in [0.2, 0.25) is 0 Å². The number of fused-ring (bicyclic) bond motifs is 1. The van der Waals surface area contributed by atoms with Crippen LogP contribution in [0.15, 0.2) is 170 Å². The van der Waals surface area contributed by atoms with Gasteiger partial charge in [-0.3, -0.25) is 4.79 Å². The molecular weight excluding hydrogens is 653 g/mol. The summed E-state index contributed by atoms with van der Waals surface area (Å²) in [5.74, 6) is 0.824. The number of hydrogen-bond acceptors (Lipinski definition) is 3. The maximum absolute atomic E-state index is 11.1. The molecule has 53 heavy (non-hydrogen) atoms. The van der Waals surface area contributed by atoms with Gasteiger partial charge < -0.3 is 19.7 Å². The minimum absolute atomic E-state index is 0.133. The van der Waals surface area contributed by atoms with Crippen LogP contribution in [0.4, 0.5) is 0 Å². The third-order valence-electron chi connectivity index (χ3n) is 9.28. The third-order valence-corrected chi connectivity index (χ3v) is 9.28. The van der Waals surface area contributed by atoms with Crippen LogP contribution in [0.25, 0.3) is 16.6 Å². The molecular formula is C48H48N2O3. The second-order valence-corrected chi connectivity index (χ2v) is 13.3. The van der Waals surface area contributed by atoms with E-state index in [1.54, 1.807) is 0 Å². The van der Waals surface area contributed by atoms with Crippen LogP contribution in [0.5, 0.6) is 11.5 Å². The summed E-state index contributed by atoms with van der Waals surface area (Å²) in [5.41, 5.74) is 8.58.